The molecule has 18 heavy (non-hydrogen) atoms. The number of carboxylic acid groups (broad SMARTS) is 1. The first-order valence-electron chi connectivity index (χ1n) is 6.50. The molecule has 2 saturated heterocycles. The fraction of sp³-hybridized carbons (Fsp3) is 0.500. The number of amides is 1. The maximum absolute atomic E-state index is 11.0. The van der Waals surface area contributed by atoms with Gasteiger partial charge in [-0.2, -0.15) is 0 Å². The molecule has 0 radical (unpaired) electrons. The van der Waals surface area contributed by atoms with E-state index in [1.165, 1.54) is 5.56 Å². The summed E-state index contributed by atoms with van der Waals surface area (Å²) in [5, 5.41) is 9.05. The van der Waals surface area contributed by atoms with Gasteiger partial charge in [0, 0.05) is 25.7 Å². The lowest BCUT2D eigenvalue weighted by atomic mass is 10.0. The van der Waals surface area contributed by atoms with Crippen LogP contribution >= 0.6 is 0 Å². The van der Waals surface area contributed by atoms with Crippen molar-refractivity contribution in [2.24, 2.45) is 5.92 Å². The molecule has 4 nitrogen and oxygen atoms in total. The van der Waals surface area contributed by atoms with Crippen LogP contribution in [-0.2, 0) is 6.54 Å². The minimum Gasteiger partial charge on any atom is -0.465 e. The van der Waals surface area contributed by atoms with Crippen molar-refractivity contribution >= 4 is 6.09 Å². The van der Waals surface area contributed by atoms with Gasteiger partial charge in [-0.1, -0.05) is 30.3 Å². The monoisotopic (exact) mass is 246 g/mol. The Hall–Kier alpha value is -1.55. The largest absolute Gasteiger partial charge is 0.465 e. The Kier molecular flexibility index (Phi) is 2.96. The van der Waals surface area contributed by atoms with E-state index >= 15 is 0 Å². The summed E-state index contributed by atoms with van der Waals surface area (Å²) < 4.78 is 0. The summed E-state index contributed by atoms with van der Waals surface area (Å²) in [6.07, 6.45) is 0.352. The molecule has 1 aromatic carbocycles. The first kappa shape index (κ1) is 11.5. The van der Waals surface area contributed by atoms with E-state index in [-0.39, 0.29) is 0 Å². The van der Waals surface area contributed by atoms with Gasteiger partial charge >= 0.3 is 6.09 Å². The summed E-state index contributed by atoms with van der Waals surface area (Å²) in [6, 6.07) is 10.8. The van der Waals surface area contributed by atoms with Crippen LogP contribution in [0.5, 0.6) is 0 Å². The molecule has 4 heteroatoms. The number of likely N-dealkylation sites (tertiary alicyclic amines) is 2. The van der Waals surface area contributed by atoms with Crippen molar-refractivity contribution in [1.82, 2.24) is 9.80 Å². The number of hydrogen-bond donors (Lipinski definition) is 1. The zero-order chi connectivity index (χ0) is 12.5. The highest BCUT2D eigenvalue weighted by Gasteiger charge is 2.42. The van der Waals surface area contributed by atoms with Crippen LogP contribution < -0.4 is 0 Å². The van der Waals surface area contributed by atoms with Crippen molar-refractivity contribution in [3.05, 3.63) is 35.9 Å². The van der Waals surface area contributed by atoms with Crippen LogP contribution in [0.4, 0.5) is 4.79 Å². The second-order valence-electron chi connectivity index (χ2n) is 5.26. The van der Waals surface area contributed by atoms with Crippen LogP contribution in [0.3, 0.4) is 0 Å². The molecule has 3 rings (SSSR count). The molecular weight excluding hydrogens is 228 g/mol. The van der Waals surface area contributed by atoms with Gasteiger partial charge in [-0.3, -0.25) is 4.90 Å². The quantitative estimate of drug-likeness (QED) is 0.866. The number of benzene rings is 1. The first-order valence-corrected chi connectivity index (χ1v) is 6.50. The molecule has 1 aromatic rings. The van der Waals surface area contributed by atoms with Gasteiger partial charge in [0.2, 0.25) is 0 Å². The molecule has 1 amide bonds. The normalized spacial score (nSPS) is 27.4. The van der Waals surface area contributed by atoms with Gasteiger partial charge in [-0.25, -0.2) is 4.79 Å². The van der Waals surface area contributed by atoms with E-state index in [9.17, 15) is 4.79 Å². The van der Waals surface area contributed by atoms with Gasteiger partial charge in [0.25, 0.3) is 0 Å². The molecule has 2 aliphatic heterocycles. The first-order chi connectivity index (χ1) is 8.74. The third-order valence-corrected chi connectivity index (χ3v) is 4.16. The van der Waals surface area contributed by atoms with E-state index in [4.69, 9.17) is 5.11 Å². The Bertz CT molecular complexity index is 435. The molecule has 2 unspecified atom stereocenters. The fourth-order valence-electron chi connectivity index (χ4n) is 3.22. The van der Waals surface area contributed by atoms with Crippen LogP contribution in [0.2, 0.25) is 0 Å². The molecule has 0 aromatic heterocycles. The van der Waals surface area contributed by atoms with Crippen molar-refractivity contribution < 1.29 is 9.90 Å². The van der Waals surface area contributed by atoms with E-state index in [1.807, 2.05) is 6.07 Å². The molecular formula is C14H18N2O2. The Morgan fingerprint density at radius 1 is 1.28 bits per heavy atom. The molecule has 96 valence electrons. The summed E-state index contributed by atoms with van der Waals surface area (Å²) in [6.45, 7) is 3.42. The van der Waals surface area contributed by atoms with E-state index < -0.39 is 6.09 Å². The minimum absolute atomic E-state index is 0.418. The summed E-state index contributed by atoms with van der Waals surface area (Å²) in [4.78, 5) is 15.0. The number of nitrogens with zero attached hydrogens (tertiary/aromatic N) is 2. The summed E-state index contributed by atoms with van der Waals surface area (Å²) >= 11 is 0. The average Bonchev–Trinajstić information content (AvgIpc) is 2.93. The van der Waals surface area contributed by atoms with Gasteiger partial charge in [0.05, 0.1) is 0 Å². The second-order valence-corrected chi connectivity index (χ2v) is 5.26. The Morgan fingerprint density at radius 2 is 2.06 bits per heavy atom. The Morgan fingerprint density at radius 3 is 2.78 bits per heavy atom. The SMILES string of the molecule is O=C(O)N1CC2CCN(Cc3ccccc3)C2C1. The van der Waals surface area contributed by atoms with Crippen LogP contribution in [-0.4, -0.2) is 46.7 Å². The second kappa shape index (κ2) is 4.61. The minimum atomic E-state index is -0.774. The van der Waals surface area contributed by atoms with Crippen LogP contribution in [0.1, 0.15) is 12.0 Å². The summed E-state index contributed by atoms with van der Waals surface area (Å²) in [5.74, 6) is 0.532. The van der Waals surface area contributed by atoms with Crippen LogP contribution in [0, 0.1) is 5.92 Å². The van der Waals surface area contributed by atoms with E-state index in [2.05, 4.69) is 29.2 Å². The zero-order valence-corrected chi connectivity index (χ0v) is 10.3. The molecule has 1 N–H and O–H groups in total. The van der Waals surface area contributed by atoms with Crippen LogP contribution in [0.25, 0.3) is 0 Å². The highest BCUT2D eigenvalue weighted by atomic mass is 16.4. The zero-order valence-electron chi connectivity index (χ0n) is 10.3. The Balaban J connectivity index is 1.67. The average molecular weight is 246 g/mol. The van der Waals surface area contributed by atoms with E-state index in [0.717, 1.165) is 19.5 Å². The maximum Gasteiger partial charge on any atom is 0.407 e. The third-order valence-electron chi connectivity index (χ3n) is 4.16. The third kappa shape index (κ3) is 2.08. The number of hydrogen-bond acceptors (Lipinski definition) is 2. The van der Waals surface area contributed by atoms with Crippen LogP contribution in [0.15, 0.2) is 30.3 Å². The Labute approximate surface area is 107 Å². The smallest absolute Gasteiger partial charge is 0.407 e. The van der Waals surface area contributed by atoms with Gasteiger partial charge in [-0.15, -0.1) is 0 Å². The topological polar surface area (TPSA) is 43.8 Å². The summed E-state index contributed by atoms with van der Waals surface area (Å²) in [5.41, 5.74) is 1.31. The lowest BCUT2D eigenvalue weighted by molar-refractivity contribution is 0.146. The molecule has 2 heterocycles. The van der Waals surface area contributed by atoms with Gasteiger partial charge < -0.3 is 10.0 Å². The van der Waals surface area contributed by atoms with Crippen molar-refractivity contribution in [2.45, 2.75) is 19.0 Å². The van der Waals surface area contributed by atoms with Gasteiger partial charge in [-0.05, 0) is 24.4 Å². The number of fused-ring (bicyclic) bond motifs is 1. The highest BCUT2D eigenvalue weighted by Crippen LogP contribution is 2.32. The van der Waals surface area contributed by atoms with Gasteiger partial charge in [0.15, 0.2) is 0 Å². The van der Waals surface area contributed by atoms with Gasteiger partial charge in [0.1, 0.15) is 0 Å². The lowest BCUT2D eigenvalue weighted by Crippen LogP contribution is -2.36. The predicted octanol–water partition coefficient (Wildman–Crippen LogP) is 1.87. The van der Waals surface area contributed by atoms with E-state index in [0.29, 0.717) is 25.0 Å². The van der Waals surface area contributed by atoms with Crippen molar-refractivity contribution in [2.75, 3.05) is 19.6 Å². The lowest BCUT2D eigenvalue weighted by Gasteiger charge is -2.24. The molecule has 2 fully saturated rings. The van der Waals surface area contributed by atoms with Crippen molar-refractivity contribution in [1.29, 1.82) is 0 Å². The number of rotatable bonds is 2. The molecule has 0 aliphatic carbocycles. The molecule has 0 bridgehead atoms. The molecule has 2 atom stereocenters. The highest BCUT2D eigenvalue weighted by molar-refractivity contribution is 5.65. The molecule has 0 spiro atoms. The molecule has 0 saturated carbocycles. The van der Waals surface area contributed by atoms with Crippen molar-refractivity contribution in [3.63, 3.8) is 0 Å². The standard InChI is InChI=1S/C14H18N2O2/c17-14(18)16-9-12-6-7-15(13(12)10-16)8-11-4-2-1-3-5-11/h1-5,12-13H,6-10H2,(H,17,18). The summed E-state index contributed by atoms with van der Waals surface area (Å²) in [7, 11) is 0. The molecule has 2 aliphatic rings. The fourth-order valence-corrected chi connectivity index (χ4v) is 3.22. The maximum atomic E-state index is 11.0. The predicted molar refractivity (Wildman–Crippen MR) is 68.3 cm³/mol. The van der Waals surface area contributed by atoms with Crippen molar-refractivity contribution in [3.8, 4) is 0 Å². The van der Waals surface area contributed by atoms with E-state index in [1.54, 1.807) is 4.90 Å². The number of carbonyl (C=O) groups is 1.